The number of carbonyl (C=O) groups is 1. The van der Waals surface area contributed by atoms with Crippen LogP contribution in [0.5, 0.6) is 0 Å². The molecule has 1 unspecified atom stereocenters. The number of hydrogen-bond donors (Lipinski definition) is 1. The first-order valence-electron chi connectivity index (χ1n) is 12.0. The Bertz CT molecular complexity index is 1390. The minimum absolute atomic E-state index is 0.0453. The Morgan fingerprint density at radius 3 is 2.55 bits per heavy atom. The standard InChI is InChI=1S/C27H25Cl2FN6O2/c1-38-27(37)23-21(16-35-11-13-36(14-12-35)22-6-2-3-9-31-22)33-26(25-20(30)5-4-10-32-25)34-24(23)18-8-7-17(28)15-19(18)29/h2-10,15,24H,11-14,16H2,1H3,(H,33,34). The molecule has 0 saturated carbocycles. The van der Waals surface area contributed by atoms with Crippen molar-refractivity contribution in [2.75, 3.05) is 44.7 Å². The number of aromatic nitrogens is 2. The van der Waals surface area contributed by atoms with Gasteiger partial charge >= 0.3 is 5.97 Å². The van der Waals surface area contributed by atoms with Crippen LogP contribution in [0.1, 0.15) is 17.3 Å². The maximum atomic E-state index is 14.8. The van der Waals surface area contributed by atoms with Crippen molar-refractivity contribution in [1.82, 2.24) is 20.2 Å². The van der Waals surface area contributed by atoms with Crippen molar-refractivity contribution in [1.29, 1.82) is 0 Å². The van der Waals surface area contributed by atoms with E-state index in [2.05, 4.69) is 25.1 Å². The number of nitrogens with zero attached hydrogens (tertiary/aromatic N) is 5. The SMILES string of the molecule is COC(=O)C1=C(CN2CCN(c3ccccn3)CC2)NC(c2ncccc2F)=NC1c1ccc(Cl)cc1Cl. The van der Waals surface area contributed by atoms with Gasteiger partial charge in [-0.1, -0.05) is 35.3 Å². The van der Waals surface area contributed by atoms with E-state index >= 15 is 0 Å². The summed E-state index contributed by atoms with van der Waals surface area (Å²) in [5.41, 5.74) is 1.44. The summed E-state index contributed by atoms with van der Waals surface area (Å²) in [5.74, 6) is 0.0354. The van der Waals surface area contributed by atoms with Crippen LogP contribution in [-0.2, 0) is 9.53 Å². The molecule has 0 radical (unpaired) electrons. The van der Waals surface area contributed by atoms with Gasteiger partial charge in [0.15, 0.2) is 11.7 Å². The zero-order valence-electron chi connectivity index (χ0n) is 20.6. The van der Waals surface area contributed by atoms with E-state index in [0.717, 1.165) is 32.0 Å². The van der Waals surface area contributed by atoms with Gasteiger partial charge in [-0.25, -0.2) is 19.2 Å². The number of carbonyl (C=O) groups excluding carboxylic acids is 1. The summed E-state index contributed by atoms with van der Waals surface area (Å²) in [5, 5.41) is 3.96. The molecule has 1 N–H and O–H groups in total. The van der Waals surface area contributed by atoms with Gasteiger partial charge in [0.25, 0.3) is 0 Å². The monoisotopic (exact) mass is 554 g/mol. The molecule has 1 aromatic carbocycles. The first-order valence-corrected chi connectivity index (χ1v) is 12.8. The van der Waals surface area contributed by atoms with Crippen molar-refractivity contribution >= 4 is 40.8 Å². The summed E-state index contributed by atoms with van der Waals surface area (Å²) in [6, 6.07) is 12.8. The Balaban J connectivity index is 1.50. The van der Waals surface area contributed by atoms with Crippen LogP contribution in [0.2, 0.25) is 10.0 Å². The number of aliphatic imine (C=N–C) groups is 1. The lowest BCUT2D eigenvalue weighted by molar-refractivity contribution is -0.136. The molecule has 196 valence electrons. The molecule has 0 spiro atoms. The van der Waals surface area contributed by atoms with Gasteiger partial charge in [0.2, 0.25) is 0 Å². The quantitative estimate of drug-likeness (QED) is 0.455. The van der Waals surface area contributed by atoms with Crippen LogP contribution in [-0.4, -0.2) is 66.5 Å². The Hall–Kier alpha value is -3.53. The maximum absolute atomic E-state index is 14.8. The number of halogens is 3. The number of pyridine rings is 2. The van der Waals surface area contributed by atoms with Crippen molar-refractivity contribution in [3.8, 4) is 0 Å². The van der Waals surface area contributed by atoms with Crippen LogP contribution in [0, 0.1) is 5.82 Å². The van der Waals surface area contributed by atoms with Crippen LogP contribution < -0.4 is 10.2 Å². The highest BCUT2D eigenvalue weighted by atomic mass is 35.5. The highest BCUT2D eigenvalue weighted by molar-refractivity contribution is 6.35. The van der Waals surface area contributed by atoms with E-state index in [0.29, 0.717) is 33.4 Å². The molecular weight excluding hydrogens is 530 g/mol. The fourth-order valence-corrected chi connectivity index (χ4v) is 5.11. The largest absolute Gasteiger partial charge is 0.466 e. The zero-order valence-corrected chi connectivity index (χ0v) is 22.1. The van der Waals surface area contributed by atoms with Gasteiger partial charge in [0.1, 0.15) is 17.6 Å². The number of benzene rings is 1. The van der Waals surface area contributed by atoms with E-state index in [1.165, 1.54) is 25.4 Å². The second-order valence-electron chi connectivity index (χ2n) is 8.84. The lowest BCUT2D eigenvalue weighted by atomic mass is 9.95. The number of nitrogens with one attached hydrogen (secondary N) is 1. The van der Waals surface area contributed by atoms with Crippen LogP contribution in [0.3, 0.4) is 0 Å². The molecule has 3 aromatic rings. The number of piperazine rings is 1. The lowest BCUT2D eigenvalue weighted by Gasteiger charge is -2.37. The summed E-state index contributed by atoms with van der Waals surface area (Å²) in [4.78, 5) is 30.9. The van der Waals surface area contributed by atoms with Crippen molar-refractivity contribution in [3.05, 3.63) is 99.3 Å². The van der Waals surface area contributed by atoms with Crippen LogP contribution in [0.25, 0.3) is 0 Å². The average molecular weight is 555 g/mol. The number of anilines is 1. The molecule has 1 fully saturated rings. The summed E-state index contributed by atoms with van der Waals surface area (Å²) >= 11 is 12.7. The molecule has 1 saturated heterocycles. The molecule has 0 amide bonds. The van der Waals surface area contributed by atoms with Gasteiger partial charge in [0.05, 0.1) is 12.7 Å². The number of hydrogen-bond acceptors (Lipinski definition) is 8. The summed E-state index contributed by atoms with van der Waals surface area (Å²) in [7, 11) is 1.32. The molecule has 4 heterocycles. The van der Waals surface area contributed by atoms with Gasteiger partial charge in [-0.15, -0.1) is 0 Å². The van der Waals surface area contributed by atoms with Crippen LogP contribution in [0.4, 0.5) is 10.2 Å². The Morgan fingerprint density at radius 2 is 1.87 bits per heavy atom. The highest BCUT2D eigenvalue weighted by Gasteiger charge is 2.35. The number of ether oxygens (including phenoxy) is 1. The summed E-state index contributed by atoms with van der Waals surface area (Å²) in [6.45, 7) is 3.37. The number of amidine groups is 1. The van der Waals surface area contributed by atoms with E-state index in [1.807, 2.05) is 18.2 Å². The minimum atomic E-state index is -0.852. The molecule has 0 bridgehead atoms. The molecule has 1 atom stereocenters. The van der Waals surface area contributed by atoms with Crippen molar-refractivity contribution in [3.63, 3.8) is 0 Å². The van der Waals surface area contributed by atoms with Crippen molar-refractivity contribution in [2.45, 2.75) is 6.04 Å². The fourth-order valence-electron chi connectivity index (χ4n) is 4.60. The topological polar surface area (TPSA) is 83.0 Å². The van der Waals surface area contributed by atoms with Gasteiger partial charge in [-0.2, -0.15) is 0 Å². The average Bonchev–Trinajstić information content (AvgIpc) is 2.93. The molecule has 0 aliphatic carbocycles. The Morgan fingerprint density at radius 1 is 1.08 bits per heavy atom. The van der Waals surface area contributed by atoms with E-state index < -0.39 is 17.8 Å². The van der Waals surface area contributed by atoms with Crippen LogP contribution >= 0.6 is 23.2 Å². The first-order chi connectivity index (χ1) is 18.4. The van der Waals surface area contributed by atoms with Gasteiger partial charge in [-0.05, 0) is 36.4 Å². The van der Waals surface area contributed by atoms with Gasteiger partial charge in [0, 0.05) is 66.4 Å². The second-order valence-corrected chi connectivity index (χ2v) is 9.68. The minimum Gasteiger partial charge on any atom is -0.466 e. The fraction of sp³-hybridized carbons (Fsp3) is 0.259. The smallest absolute Gasteiger partial charge is 0.338 e. The molecule has 2 aliphatic rings. The van der Waals surface area contributed by atoms with E-state index in [-0.39, 0.29) is 11.5 Å². The third-order valence-electron chi connectivity index (χ3n) is 6.50. The lowest BCUT2D eigenvalue weighted by Crippen LogP contribution is -2.49. The normalized spacial score (nSPS) is 18.2. The van der Waals surface area contributed by atoms with Crippen molar-refractivity contribution < 1.29 is 13.9 Å². The molecule has 2 aromatic heterocycles. The third-order valence-corrected chi connectivity index (χ3v) is 7.06. The molecule has 5 rings (SSSR count). The number of esters is 1. The van der Waals surface area contributed by atoms with E-state index in [1.54, 1.807) is 24.4 Å². The highest BCUT2D eigenvalue weighted by Crippen LogP contribution is 2.37. The molecule has 8 nitrogen and oxygen atoms in total. The van der Waals surface area contributed by atoms with Crippen LogP contribution in [0.15, 0.2) is 77.2 Å². The number of methoxy groups -OCH3 is 1. The summed E-state index contributed by atoms with van der Waals surface area (Å²) < 4.78 is 20.0. The number of rotatable bonds is 6. The second kappa shape index (κ2) is 11.5. The molecular formula is C27H25Cl2FN6O2. The maximum Gasteiger partial charge on any atom is 0.338 e. The Kier molecular flexibility index (Phi) is 7.87. The zero-order chi connectivity index (χ0) is 26.6. The third kappa shape index (κ3) is 5.50. The Labute approximate surface area is 229 Å². The van der Waals surface area contributed by atoms with Gasteiger partial charge in [-0.3, -0.25) is 9.89 Å². The van der Waals surface area contributed by atoms with Crippen molar-refractivity contribution in [2.24, 2.45) is 4.99 Å². The molecule has 2 aliphatic heterocycles. The van der Waals surface area contributed by atoms with Gasteiger partial charge < -0.3 is 15.0 Å². The van der Waals surface area contributed by atoms with E-state index in [4.69, 9.17) is 32.9 Å². The molecule has 38 heavy (non-hydrogen) atoms. The van der Waals surface area contributed by atoms with E-state index in [9.17, 15) is 9.18 Å². The molecule has 11 heteroatoms. The predicted molar refractivity (Wildman–Crippen MR) is 145 cm³/mol. The first kappa shape index (κ1) is 26.1. The predicted octanol–water partition coefficient (Wildman–Crippen LogP) is 4.26. The summed E-state index contributed by atoms with van der Waals surface area (Å²) in [6.07, 6.45) is 3.27.